The van der Waals surface area contributed by atoms with E-state index in [1.165, 1.54) is 46.7 Å². The first-order valence-electron chi connectivity index (χ1n) is 9.46. The summed E-state index contributed by atoms with van der Waals surface area (Å²) in [5, 5.41) is 9.01. The molecule has 0 bridgehead atoms. The van der Waals surface area contributed by atoms with Gasteiger partial charge in [0.05, 0.1) is 29.3 Å². The largest absolute Gasteiger partial charge is 0.416 e. The van der Waals surface area contributed by atoms with Gasteiger partial charge in [0.15, 0.2) is 0 Å². The number of rotatable bonds is 4. The molecule has 4 rings (SSSR count). The number of aromatic nitrogens is 2. The van der Waals surface area contributed by atoms with Crippen LogP contribution < -0.4 is 11.0 Å². The van der Waals surface area contributed by atoms with Gasteiger partial charge in [-0.3, -0.25) is 19.4 Å². The van der Waals surface area contributed by atoms with Gasteiger partial charge in [-0.05, 0) is 53.1 Å². The highest BCUT2D eigenvalue weighted by molar-refractivity contribution is 5.97. The molecule has 0 fully saturated rings. The third kappa shape index (κ3) is 4.23. The molecule has 0 saturated heterocycles. The average molecular weight is 439 g/mol. The predicted molar refractivity (Wildman–Crippen MR) is 111 cm³/mol. The summed E-state index contributed by atoms with van der Waals surface area (Å²) in [6.45, 7) is 0.173. The Morgan fingerprint density at radius 2 is 1.75 bits per heavy atom. The van der Waals surface area contributed by atoms with E-state index in [0.29, 0.717) is 16.6 Å². The molecular weight excluding hydrogens is 423 g/mol. The van der Waals surface area contributed by atoms with Crippen molar-refractivity contribution < 1.29 is 23.2 Å². The van der Waals surface area contributed by atoms with Crippen molar-refractivity contribution in [2.45, 2.75) is 12.7 Å². The van der Waals surface area contributed by atoms with Crippen molar-refractivity contribution >= 4 is 16.8 Å². The molecule has 32 heavy (non-hydrogen) atoms. The summed E-state index contributed by atoms with van der Waals surface area (Å²) in [7, 11) is 0. The Bertz CT molecular complexity index is 1360. The molecule has 3 aromatic carbocycles. The van der Waals surface area contributed by atoms with E-state index in [0.717, 1.165) is 17.7 Å². The normalized spacial score (nSPS) is 11.5. The zero-order valence-electron chi connectivity index (χ0n) is 16.4. The van der Waals surface area contributed by atoms with Gasteiger partial charge >= 0.3 is 6.18 Å². The fourth-order valence-electron chi connectivity index (χ4n) is 3.37. The molecule has 6 nitrogen and oxygen atoms in total. The number of benzene rings is 3. The van der Waals surface area contributed by atoms with Crippen LogP contribution in [0.1, 0.15) is 21.5 Å². The summed E-state index contributed by atoms with van der Waals surface area (Å²) in [5.41, 5.74) is 3.01. The standard InChI is InChI=1S/C23H16F3N3O3/c24-23(25,26)18-7-4-15(5-8-18)16-3-1-2-14(10-16)12-29-13-27-20-9-6-17(21(30)28-32)11-19(20)22(29)31/h1-11,13,32H,12H2,(H,28,30). The van der Waals surface area contributed by atoms with Crippen LogP contribution in [0.15, 0.2) is 77.9 Å². The topological polar surface area (TPSA) is 84.2 Å². The van der Waals surface area contributed by atoms with E-state index in [4.69, 9.17) is 5.21 Å². The van der Waals surface area contributed by atoms with E-state index in [-0.39, 0.29) is 23.1 Å². The first-order chi connectivity index (χ1) is 15.3. The van der Waals surface area contributed by atoms with E-state index in [9.17, 15) is 22.8 Å². The fourth-order valence-corrected chi connectivity index (χ4v) is 3.37. The second kappa shape index (κ2) is 8.27. The molecule has 0 unspecified atom stereocenters. The lowest BCUT2D eigenvalue weighted by atomic mass is 10.0. The number of nitrogens with one attached hydrogen (secondary N) is 1. The third-order valence-electron chi connectivity index (χ3n) is 5.01. The van der Waals surface area contributed by atoms with Gasteiger partial charge in [-0.2, -0.15) is 13.2 Å². The van der Waals surface area contributed by atoms with Gasteiger partial charge in [0, 0.05) is 5.56 Å². The number of carbonyl (C=O) groups is 1. The minimum Gasteiger partial charge on any atom is -0.294 e. The van der Waals surface area contributed by atoms with E-state index in [1.807, 2.05) is 0 Å². The van der Waals surface area contributed by atoms with Crippen LogP contribution in [0.5, 0.6) is 0 Å². The van der Waals surface area contributed by atoms with Gasteiger partial charge in [0.1, 0.15) is 0 Å². The van der Waals surface area contributed by atoms with Crippen LogP contribution in [0, 0.1) is 0 Å². The quantitative estimate of drug-likeness (QED) is 0.368. The molecule has 0 spiro atoms. The number of nitrogens with zero attached hydrogens (tertiary/aromatic N) is 2. The molecule has 0 radical (unpaired) electrons. The number of halogens is 3. The summed E-state index contributed by atoms with van der Waals surface area (Å²) >= 11 is 0. The zero-order chi connectivity index (χ0) is 22.9. The summed E-state index contributed by atoms with van der Waals surface area (Å²) in [6, 6.07) is 16.3. The highest BCUT2D eigenvalue weighted by Crippen LogP contribution is 2.31. The first-order valence-corrected chi connectivity index (χ1v) is 9.46. The van der Waals surface area contributed by atoms with Crippen LogP contribution in [-0.2, 0) is 12.7 Å². The van der Waals surface area contributed by atoms with Crippen molar-refractivity contribution in [1.82, 2.24) is 15.0 Å². The molecule has 0 atom stereocenters. The first kappa shape index (κ1) is 21.3. The smallest absolute Gasteiger partial charge is 0.294 e. The lowest BCUT2D eigenvalue weighted by molar-refractivity contribution is -0.137. The number of hydrogen-bond donors (Lipinski definition) is 2. The summed E-state index contributed by atoms with van der Waals surface area (Å²) < 4.78 is 39.8. The van der Waals surface area contributed by atoms with Crippen LogP contribution in [0.2, 0.25) is 0 Å². The van der Waals surface area contributed by atoms with Crippen molar-refractivity contribution in [1.29, 1.82) is 0 Å². The molecule has 1 heterocycles. The second-order valence-corrected chi connectivity index (χ2v) is 7.13. The Labute approximate surface area is 179 Å². The number of amides is 1. The zero-order valence-corrected chi connectivity index (χ0v) is 16.4. The van der Waals surface area contributed by atoms with Gasteiger partial charge in [-0.1, -0.05) is 30.3 Å². The van der Waals surface area contributed by atoms with E-state index in [2.05, 4.69) is 4.98 Å². The minimum absolute atomic E-state index is 0.112. The van der Waals surface area contributed by atoms with Crippen molar-refractivity contribution in [3.8, 4) is 11.1 Å². The van der Waals surface area contributed by atoms with Crippen molar-refractivity contribution in [2.24, 2.45) is 0 Å². The molecule has 1 amide bonds. The monoisotopic (exact) mass is 439 g/mol. The number of carbonyl (C=O) groups excluding carboxylic acids is 1. The van der Waals surface area contributed by atoms with Crippen molar-refractivity contribution in [3.05, 3.63) is 100 Å². The molecule has 4 aromatic rings. The van der Waals surface area contributed by atoms with Crippen LogP contribution >= 0.6 is 0 Å². The Morgan fingerprint density at radius 1 is 1.00 bits per heavy atom. The molecule has 162 valence electrons. The highest BCUT2D eigenvalue weighted by Gasteiger charge is 2.29. The molecule has 0 aliphatic heterocycles. The second-order valence-electron chi connectivity index (χ2n) is 7.13. The van der Waals surface area contributed by atoms with E-state index in [1.54, 1.807) is 24.3 Å². The Hall–Kier alpha value is -3.98. The Morgan fingerprint density at radius 3 is 2.44 bits per heavy atom. The predicted octanol–water partition coefficient (Wildman–Crippen LogP) is 4.25. The maximum atomic E-state index is 12.9. The van der Waals surface area contributed by atoms with Gasteiger partial charge in [-0.25, -0.2) is 10.5 Å². The lowest BCUT2D eigenvalue weighted by Crippen LogP contribution is -2.23. The van der Waals surface area contributed by atoms with Crippen molar-refractivity contribution in [3.63, 3.8) is 0 Å². The Balaban J connectivity index is 1.65. The van der Waals surface area contributed by atoms with Crippen LogP contribution in [0.25, 0.3) is 22.0 Å². The summed E-state index contributed by atoms with van der Waals surface area (Å²) in [5.74, 6) is -0.744. The molecule has 2 N–H and O–H groups in total. The fraction of sp³-hybridized carbons (Fsp3) is 0.0870. The number of hydrogen-bond acceptors (Lipinski definition) is 4. The molecular formula is C23H16F3N3O3. The SMILES string of the molecule is O=C(NO)c1ccc2ncn(Cc3cccc(-c4ccc(C(F)(F)F)cc4)c3)c(=O)c2c1. The molecule has 9 heteroatoms. The molecule has 1 aromatic heterocycles. The highest BCUT2D eigenvalue weighted by atomic mass is 19.4. The van der Waals surface area contributed by atoms with Crippen LogP contribution in [0.4, 0.5) is 13.2 Å². The van der Waals surface area contributed by atoms with E-state index >= 15 is 0 Å². The maximum Gasteiger partial charge on any atom is 0.416 e. The average Bonchev–Trinajstić information content (AvgIpc) is 2.80. The Kier molecular flexibility index (Phi) is 5.50. The van der Waals surface area contributed by atoms with Gasteiger partial charge < -0.3 is 0 Å². The number of fused-ring (bicyclic) bond motifs is 1. The van der Waals surface area contributed by atoms with Gasteiger partial charge in [-0.15, -0.1) is 0 Å². The van der Waals surface area contributed by atoms with Crippen LogP contribution in [0.3, 0.4) is 0 Å². The third-order valence-corrected chi connectivity index (χ3v) is 5.01. The van der Waals surface area contributed by atoms with Crippen molar-refractivity contribution in [2.75, 3.05) is 0 Å². The maximum absolute atomic E-state index is 12.9. The lowest BCUT2D eigenvalue weighted by Gasteiger charge is -2.10. The summed E-state index contributed by atoms with van der Waals surface area (Å²) in [6.07, 6.45) is -3.01. The van der Waals surface area contributed by atoms with Crippen LogP contribution in [-0.4, -0.2) is 20.7 Å². The summed E-state index contributed by atoms with van der Waals surface area (Å²) in [4.78, 5) is 28.8. The van der Waals surface area contributed by atoms with Gasteiger partial charge in [0.25, 0.3) is 11.5 Å². The molecule has 0 saturated carbocycles. The number of alkyl halides is 3. The molecule has 0 aliphatic rings. The van der Waals surface area contributed by atoms with Gasteiger partial charge in [0.2, 0.25) is 0 Å². The van der Waals surface area contributed by atoms with E-state index < -0.39 is 17.6 Å². The molecule has 0 aliphatic carbocycles. The number of hydroxylamine groups is 1. The minimum atomic E-state index is -4.40.